The summed E-state index contributed by atoms with van der Waals surface area (Å²) in [6, 6.07) is 5.03. The molecule has 0 radical (unpaired) electrons. The van der Waals surface area contributed by atoms with Gasteiger partial charge in [-0.1, -0.05) is 19.9 Å². The molecule has 0 unspecified atom stereocenters. The van der Waals surface area contributed by atoms with E-state index in [0.29, 0.717) is 23.6 Å². The Bertz CT molecular complexity index is 396. The Labute approximate surface area is 109 Å². The molecule has 0 fully saturated rings. The molecule has 94 valence electrons. The van der Waals surface area contributed by atoms with Crippen LogP contribution in [-0.2, 0) is 0 Å². The van der Waals surface area contributed by atoms with Gasteiger partial charge in [-0.3, -0.25) is 4.79 Å². The van der Waals surface area contributed by atoms with E-state index in [-0.39, 0.29) is 5.56 Å². The van der Waals surface area contributed by atoms with Gasteiger partial charge in [-0.15, -0.1) is 0 Å². The van der Waals surface area contributed by atoms with Crippen LogP contribution in [-0.4, -0.2) is 25.0 Å². The van der Waals surface area contributed by atoms with Gasteiger partial charge in [-0.05, 0) is 28.1 Å². The first-order chi connectivity index (χ1) is 8.02. The van der Waals surface area contributed by atoms with Crippen molar-refractivity contribution in [3.05, 3.63) is 34.1 Å². The molecule has 5 heteroatoms. The van der Waals surface area contributed by atoms with Gasteiger partial charge < -0.3 is 10.6 Å². The molecule has 0 saturated carbocycles. The van der Waals surface area contributed by atoms with Crippen molar-refractivity contribution in [2.45, 2.75) is 19.9 Å². The van der Waals surface area contributed by atoms with E-state index in [0.717, 1.165) is 0 Å². The van der Waals surface area contributed by atoms with Crippen molar-refractivity contribution in [2.24, 2.45) is 0 Å². The van der Waals surface area contributed by atoms with Crippen LogP contribution in [0.1, 0.15) is 24.2 Å². The Morgan fingerprint density at radius 1 is 1.41 bits per heavy atom. The average Bonchev–Trinajstić information content (AvgIpc) is 2.27. The molecule has 3 nitrogen and oxygen atoms in total. The quantitative estimate of drug-likeness (QED) is 0.820. The smallest absolute Gasteiger partial charge is 0.254 e. The molecule has 0 aliphatic rings. The summed E-state index contributed by atoms with van der Waals surface area (Å²) in [5.74, 6) is -0.920. The molecular weight excluding hydrogens is 287 g/mol. The Morgan fingerprint density at radius 3 is 2.76 bits per heavy atom. The standard InChI is InChI=1S/C12H16BrFN2O/c1-8(2)15-6-7-16-12(17)9-4-3-5-10(13)11(9)14/h3-5,8,15H,6-7H2,1-2H3,(H,16,17). The molecular formula is C12H16BrFN2O. The predicted molar refractivity (Wildman–Crippen MR) is 69.6 cm³/mol. The molecule has 0 bridgehead atoms. The molecule has 17 heavy (non-hydrogen) atoms. The van der Waals surface area contributed by atoms with Gasteiger partial charge in [0.15, 0.2) is 0 Å². The molecule has 1 amide bonds. The second-order valence-electron chi connectivity index (χ2n) is 3.97. The second kappa shape index (κ2) is 6.71. The van der Waals surface area contributed by atoms with Crippen LogP contribution in [0.3, 0.4) is 0 Å². The van der Waals surface area contributed by atoms with Crippen molar-refractivity contribution in [2.75, 3.05) is 13.1 Å². The fraction of sp³-hybridized carbons (Fsp3) is 0.417. The topological polar surface area (TPSA) is 41.1 Å². The lowest BCUT2D eigenvalue weighted by molar-refractivity contribution is 0.0949. The maximum absolute atomic E-state index is 13.6. The summed E-state index contributed by atoms with van der Waals surface area (Å²) in [4.78, 5) is 11.7. The van der Waals surface area contributed by atoms with Crippen LogP contribution in [0.2, 0.25) is 0 Å². The highest BCUT2D eigenvalue weighted by Gasteiger charge is 2.12. The highest BCUT2D eigenvalue weighted by atomic mass is 79.9. The summed E-state index contributed by atoms with van der Waals surface area (Å²) >= 11 is 3.05. The molecule has 0 aliphatic heterocycles. The lowest BCUT2D eigenvalue weighted by Gasteiger charge is -2.09. The van der Waals surface area contributed by atoms with Crippen LogP contribution in [0.5, 0.6) is 0 Å². The number of rotatable bonds is 5. The zero-order valence-electron chi connectivity index (χ0n) is 9.89. The molecule has 0 saturated heterocycles. The molecule has 0 heterocycles. The largest absolute Gasteiger partial charge is 0.351 e. The van der Waals surface area contributed by atoms with Gasteiger partial charge >= 0.3 is 0 Å². The Morgan fingerprint density at radius 2 is 2.12 bits per heavy atom. The van der Waals surface area contributed by atoms with E-state index >= 15 is 0 Å². The third-order valence-electron chi connectivity index (χ3n) is 2.16. The number of halogens is 2. The number of hydrogen-bond acceptors (Lipinski definition) is 2. The molecule has 0 atom stereocenters. The molecule has 1 rings (SSSR count). The lowest BCUT2D eigenvalue weighted by atomic mass is 10.2. The lowest BCUT2D eigenvalue weighted by Crippen LogP contribution is -2.34. The number of carbonyl (C=O) groups excluding carboxylic acids is 1. The zero-order valence-corrected chi connectivity index (χ0v) is 11.5. The average molecular weight is 303 g/mol. The number of nitrogens with one attached hydrogen (secondary N) is 2. The fourth-order valence-corrected chi connectivity index (χ4v) is 1.68. The summed E-state index contributed by atoms with van der Waals surface area (Å²) in [5, 5.41) is 5.82. The predicted octanol–water partition coefficient (Wildman–Crippen LogP) is 2.32. The van der Waals surface area contributed by atoms with Crippen molar-refractivity contribution in [1.29, 1.82) is 0 Å². The maximum atomic E-state index is 13.6. The van der Waals surface area contributed by atoms with Gasteiger partial charge in [0.05, 0.1) is 10.0 Å². The number of benzene rings is 1. The van der Waals surface area contributed by atoms with Gasteiger partial charge in [0.25, 0.3) is 5.91 Å². The second-order valence-corrected chi connectivity index (χ2v) is 4.82. The minimum Gasteiger partial charge on any atom is -0.351 e. The minimum absolute atomic E-state index is 0.0592. The summed E-state index contributed by atoms with van der Waals surface area (Å²) in [7, 11) is 0. The third-order valence-corrected chi connectivity index (χ3v) is 2.77. The number of hydrogen-bond donors (Lipinski definition) is 2. The normalized spacial score (nSPS) is 10.6. The van der Waals surface area contributed by atoms with Gasteiger partial charge in [0.2, 0.25) is 0 Å². The summed E-state index contributed by atoms with van der Waals surface area (Å²) in [5.41, 5.74) is 0.0592. The Hall–Kier alpha value is -0.940. The van der Waals surface area contributed by atoms with E-state index in [4.69, 9.17) is 0 Å². The maximum Gasteiger partial charge on any atom is 0.254 e. The Balaban J connectivity index is 2.50. The Kier molecular flexibility index (Phi) is 5.58. The fourth-order valence-electron chi connectivity index (χ4n) is 1.31. The van der Waals surface area contributed by atoms with E-state index in [1.54, 1.807) is 12.1 Å². The first-order valence-corrected chi connectivity index (χ1v) is 6.27. The highest BCUT2D eigenvalue weighted by molar-refractivity contribution is 9.10. The number of amides is 1. The molecule has 1 aromatic carbocycles. The van der Waals surface area contributed by atoms with Crippen molar-refractivity contribution in [3.63, 3.8) is 0 Å². The van der Waals surface area contributed by atoms with Crippen LogP contribution in [0.25, 0.3) is 0 Å². The van der Waals surface area contributed by atoms with E-state index in [9.17, 15) is 9.18 Å². The van der Waals surface area contributed by atoms with E-state index in [1.807, 2.05) is 13.8 Å². The highest BCUT2D eigenvalue weighted by Crippen LogP contribution is 2.18. The number of carbonyl (C=O) groups is 1. The minimum atomic E-state index is -0.526. The van der Waals surface area contributed by atoms with Crippen molar-refractivity contribution < 1.29 is 9.18 Å². The summed E-state index contributed by atoms with van der Waals surface area (Å²) in [6.45, 7) is 5.19. The van der Waals surface area contributed by atoms with E-state index in [1.165, 1.54) is 6.07 Å². The first-order valence-electron chi connectivity index (χ1n) is 5.48. The first kappa shape index (κ1) is 14.1. The molecule has 0 spiro atoms. The van der Waals surface area contributed by atoms with Gasteiger partial charge in [-0.2, -0.15) is 0 Å². The van der Waals surface area contributed by atoms with Crippen LogP contribution in [0, 0.1) is 5.82 Å². The summed E-state index contributed by atoms with van der Waals surface area (Å²) in [6.07, 6.45) is 0. The third kappa shape index (κ3) is 4.44. The van der Waals surface area contributed by atoms with Gasteiger partial charge in [-0.25, -0.2) is 4.39 Å². The van der Waals surface area contributed by atoms with Crippen LogP contribution in [0.15, 0.2) is 22.7 Å². The SMILES string of the molecule is CC(C)NCCNC(=O)c1cccc(Br)c1F. The van der Waals surface area contributed by atoms with E-state index in [2.05, 4.69) is 26.6 Å². The van der Waals surface area contributed by atoms with Crippen molar-refractivity contribution in [3.8, 4) is 0 Å². The van der Waals surface area contributed by atoms with Crippen LogP contribution < -0.4 is 10.6 Å². The van der Waals surface area contributed by atoms with Crippen LogP contribution in [0.4, 0.5) is 4.39 Å². The monoisotopic (exact) mass is 302 g/mol. The van der Waals surface area contributed by atoms with Gasteiger partial charge in [0, 0.05) is 19.1 Å². The summed E-state index contributed by atoms with van der Waals surface area (Å²) < 4.78 is 13.9. The zero-order chi connectivity index (χ0) is 12.8. The molecule has 0 aliphatic carbocycles. The molecule has 1 aromatic rings. The van der Waals surface area contributed by atoms with Crippen molar-refractivity contribution in [1.82, 2.24) is 10.6 Å². The molecule has 0 aromatic heterocycles. The molecule has 2 N–H and O–H groups in total. The van der Waals surface area contributed by atoms with Crippen LogP contribution >= 0.6 is 15.9 Å². The van der Waals surface area contributed by atoms with Crippen molar-refractivity contribution >= 4 is 21.8 Å². The van der Waals surface area contributed by atoms with E-state index < -0.39 is 11.7 Å². The van der Waals surface area contributed by atoms with Gasteiger partial charge in [0.1, 0.15) is 5.82 Å².